The van der Waals surface area contributed by atoms with Gasteiger partial charge in [0.05, 0.1) is 5.25 Å². The summed E-state index contributed by atoms with van der Waals surface area (Å²) in [5.41, 5.74) is 2.06. The van der Waals surface area contributed by atoms with Crippen LogP contribution in [0, 0.1) is 0 Å². The van der Waals surface area contributed by atoms with Gasteiger partial charge in [-0.25, -0.2) is 0 Å². The minimum Gasteiger partial charge on any atom is -0.328 e. The average molecular weight is 234 g/mol. The number of hydrogen-bond acceptors (Lipinski definition) is 3. The Kier molecular flexibility index (Phi) is 3.29. The number of hydrogen-bond donors (Lipinski definition) is 1. The van der Waals surface area contributed by atoms with E-state index < -0.39 is 0 Å². The summed E-state index contributed by atoms with van der Waals surface area (Å²) in [5, 5.41) is 2.95. The lowest BCUT2D eigenvalue weighted by Crippen LogP contribution is -2.34. The molecule has 0 spiro atoms. The predicted molar refractivity (Wildman–Crippen MR) is 66.6 cm³/mol. The number of amides is 1. The number of allylic oxidation sites excluding steroid dienone is 1. The quantitative estimate of drug-likeness (QED) is 0.854. The van der Waals surface area contributed by atoms with Crippen LogP contribution in [-0.4, -0.2) is 16.1 Å². The largest absolute Gasteiger partial charge is 0.328 e. The standard InChI is InChI=1S/C12H14N2OS/c1-3-10-12(15)14-8(2)11(16-10)9-4-6-13-7-5-9/h4-7,10H,3H2,1-2H3,(H,14,15). The molecule has 1 amide bonds. The summed E-state index contributed by atoms with van der Waals surface area (Å²) in [5.74, 6) is 0.114. The second-order valence-corrected chi connectivity index (χ2v) is 4.91. The van der Waals surface area contributed by atoms with E-state index in [2.05, 4.69) is 10.3 Å². The van der Waals surface area contributed by atoms with Gasteiger partial charge in [0.2, 0.25) is 5.91 Å². The first kappa shape index (κ1) is 11.2. The molecule has 0 fully saturated rings. The van der Waals surface area contributed by atoms with Crippen LogP contribution in [0.2, 0.25) is 0 Å². The van der Waals surface area contributed by atoms with E-state index in [1.807, 2.05) is 26.0 Å². The monoisotopic (exact) mass is 234 g/mol. The Hall–Kier alpha value is -1.29. The molecule has 0 aliphatic carbocycles. The zero-order valence-electron chi connectivity index (χ0n) is 9.36. The summed E-state index contributed by atoms with van der Waals surface area (Å²) >= 11 is 1.64. The minimum atomic E-state index is 0.0202. The first-order valence-electron chi connectivity index (χ1n) is 5.31. The SMILES string of the molecule is CCC1SC(c2ccncc2)=C(C)NC1=O. The van der Waals surface area contributed by atoms with Crippen molar-refractivity contribution in [2.45, 2.75) is 25.5 Å². The Bertz CT molecular complexity index is 428. The number of nitrogens with zero attached hydrogens (tertiary/aromatic N) is 1. The van der Waals surface area contributed by atoms with Crippen molar-refractivity contribution in [3.8, 4) is 0 Å². The second-order valence-electron chi connectivity index (χ2n) is 3.69. The Labute approximate surface area is 99.3 Å². The van der Waals surface area contributed by atoms with E-state index in [0.29, 0.717) is 0 Å². The summed E-state index contributed by atoms with van der Waals surface area (Å²) in [4.78, 5) is 16.8. The van der Waals surface area contributed by atoms with Crippen molar-refractivity contribution in [1.82, 2.24) is 10.3 Å². The van der Waals surface area contributed by atoms with Crippen LogP contribution >= 0.6 is 11.8 Å². The Morgan fingerprint density at radius 2 is 2.12 bits per heavy atom. The van der Waals surface area contributed by atoms with Crippen molar-refractivity contribution in [2.24, 2.45) is 0 Å². The van der Waals surface area contributed by atoms with Crippen molar-refractivity contribution < 1.29 is 4.79 Å². The van der Waals surface area contributed by atoms with Crippen LogP contribution in [0.1, 0.15) is 25.8 Å². The number of aromatic nitrogens is 1. The van der Waals surface area contributed by atoms with Crippen molar-refractivity contribution in [2.75, 3.05) is 0 Å². The normalized spacial score (nSPS) is 20.9. The molecule has 84 valence electrons. The zero-order valence-corrected chi connectivity index (χ0v) is 10.2. The molecule has 1 aliphatic rings. The van der Waals surface area contributed by atoms with E-state index >= 15 is 0 Å². The van der Waals surface area contributed by atoms with E-state index in [9.17, 15) is 4.79 Å². The third kappa shape index (κ3) is 2.11. The topological polar surface area (TPSA) is 42.0 Å². The average Bonchev–Trinajstić information content (AvgIpc) is 2.30. The maximum Gasteiger partial charge on any atom is 0.237 e. The fourth-order valence-electron chi connectivity index (χ4n) is 1.66. The highest BCUT2D eigenvalue weighted by molar-refractivity contribution is 8.09. The van der Waals surface area contributed by atoms with Gasteiger partial charge < -0.3 is 5.32 Å². The number of nitrogens with one attached hydrogen (secondary N) is 1. The molecule has 1 aliphatic heterocycles. The number of thioether (sulfide) groups is 1. The lowest BCUT2D eigenvalue weighted by molar-refractivity contribution is -0.119. The van der Waals surface area contributed by atoms with Gasteiger partial charge in [-0.05, 0) is 31.0 Å². The summed E-state index contributed by atoms with van der Waals surface area (Å²) in [6.45, 7) is 3.97. The Morgan fingerprint density at radius 1 is 1.44 bits per heavy atom. The van der Waals surface area contributed by atoms with Gasteiger partial charge >= 0.3 is 0 Å². The van der Waals surface area contributed by atoms with Crippen LogP contribution in [0.5, 0.6) is 0 Å². The van der Waals surface area contributed by atoms with Gasteiger partial charge in [-0.15, -0.1) is 11.8 Å². The van der Waals surface area contributed by atoms with Crippen LogP contribution in [0.4, 0.5) is 0 Å². The molecule has 1 atom stereocenters. The van der Waals surface area contributed by atoms with Gasteiger partial charge in [-0.3, -0.25) is 9.78 Å². The highest BCUT2D eigenvalue weighted by Gasteiger charge is 2.26. The highest BCUT2D eigenvalue weighted by Crippen LogP contribution is 2.37. The molecule has 1 N–H and O–H groups in total. The van der Waals surface area contributed by atoms with E-state index in [4.69, 9.17) is 0 Å². The molecule has 0 saturated heterocycles. The van der Waals surface area contributed by atoms with Crippen molar-refractivity contribution in [3.05, 3.63) is 35.8 Å². The van der Waals surface area contributed by atoms with E-state index in [1.54, 1.807) is 24.2 Å². The van der Waals surface area contributed by atoms with Crippen LogP contribution in [-0.2, 0) is 4.79 Å². The summed E-state index contributed by atoms with van der Waals surface area (Å²) in [6, 6.07) is 3.94. The summed E-state index contributed by atoms with van der Waals surface area (Å²) in [7, 11) is 0. The molecule has 4 heteroatoms. The lowest BCUT2D eigenvalue weighted by Gasteiger charge is -2.24. The molecule has 0 saturated carbocycles. The maximum absolute atomic E-state index is 11.6. The highest BCUT2D eigenvalue weighted by atomic mass is 32.2. The molecule has 1 aromatic heterocycles. The molecule has 0 radical (unpaired) electrons. The maximum atomic E-state index is 11.6. The molecule has 2 rings (SSSR count). The minimum absolute atomic E-state index is 0.0202. The predicted octanol–water partition coefficient (Wildman–Crippen LogP) is 2.41. The molecule has 0 aromatic carbocycles. The third-order valence-electron chi connectivity index (χ3n) is 2.52. The molecule has 16 heavy (non-hydrogen) atoms. The van der Waals surface area contributed by atoms with Crippen LogP contribution < -0.4 is 5.32 Å². The molecule has 0 bridgehead atoms. The zero-order chi connectivity index (χ0) is 11.5. The van der Waals surface area contributed by atoms with Crippen LogP contribution in [0.25, 0.3) is 4.91 Å². The summed E-state index contributed by atoms with van der Waals surface area (Å²) < 4.78 is 0. The molecule has 3 nitrogen and oxygen atoms in total. The van der Waals surface area contributed by atoms with Gasteiger partial charge in [0.1, 0.15) is 0 Å². The van der Waals surface area contributed by atoms with E-state index in [-0.39, 0.29) is 11.2 Å². The fraction of sp³-hybridized carbons (Fsp3) is 0.333. The van der Waals surface area contributed by atoms with Crippen LogP contribution in [0.15, 0.2) is 30.2 Å². The first-order valence-corrected chi connectivity index (χ1v) is 6.19. The van der Waals surface area contributed by atoms with Crippen molar-refractivity contribution in [1.29, 1.82) is 0 Å². The van der Waals surface area contributed by atoms with Crippen LogP contribution in [0.3, 0.4) is 0 Å². The molecule has 2 heterocycles. The Morgan fingerprint density at radius 3 is 2.75 bits per heavy atom. The molecular formula is C12H14N2OS. The van der Waals surface area contributed by atoms with E-state index in [0.717, 1.165) is 22.6 Å². The smallest absolute Gasteiger partial charge is 0.237 e. The van der Waals surface area contributed by atoms with Gasteiger partial charge in [-0.2, -0.15) is 0 Å². The van der Waals surface area contributed by atoms with Gasteiger partial charge in [0.15, 0.2) is 0 Å². The van der Waals surface area contributed by atoms with Crippen molar-refractivity contribution >= 4 is 22.6 Å². The summed E-state index contributed by atoms with van der Waals surface area (Å²) in [6.07, 6.45) is 4.39. The second kappa shape index (κ2) is 4.70. The lowest BCUT2D eigenvalue weighted by atomic mass is 10.2. The van der Waals surface area contributed by atoms with Gasteiger partial charge in [0, 0.05) is 23.0 Å². The number of carbonyl (C=O) groups is 1. The first-order chi connectivity index (χ1) is 7.72. The van der Waals surface area contributed by atoms with E-state index in [1.165, 1.54) is 0 Å². The molecule has 1 aromatic rings. The third-order valence-corrected chi connectivity index (χ3v) is 4.13. The number of carbonyl (C=O) groups excluding carboxylic acids is 1. The number of pyridine rings is 1. The van der Waals surface area contributed by atoms with Crippen molar-refractivity contribution in [3.63, 3.8) is 0 Å². The molecular weight excluding hydrogens is 220 g/mol. The number of rotatable bonds is 2. The molecule has 1 unspecified atom stereocenters. The van der Waals surface area contributed by atoms with Gasteiger partial charge in [-0.1, -0.05) is 6.92 Å². The Balaban J connectivity index is 2.34. The van der Waals surface area contributed by atoms with Gasteiger partial charge in [0.25, 0.3) is 0 Å². The fourth-order valence-corrected chi connectivity index (χ4v) is 2.78.